The van der Waals surface area contributed by atoms with Crippen LogP contribution >= 0.6 is 0 Å². The second kappa shape index (κ2) is 11.0. The maximum absolute atomic E-state index is 12.5. The summed E-state index contributed by atoms with van der Waals surface area (Å²) in [5.41, 5.74) is 5.63. The van der Waals surface area contributed by atoms with Gasteiger partial charge in [-0.05, 0) is 57.7 Å². The van der Waals surface area contributed by atoms with Crippen molar-refractivity contribution in [1.29, 1.82) is 0 Å². The first kappa shape index (κ1) is 18.4. The van der Waals surface area contributed by atoms with Gasteiger partial charge in [-0.1, -0.05) is 26.7 Å². The normalized spacial score (nSPS) is 17.1. The van der Waals surface area contributed by atoms with E-state index in [4.69, 9.17) is 5.73 Å². The number of carbonyl (C=O) groups is 1. The minimum absolute atomic E-state index is 0.328. The van der Waals surface area contributed by atoms with Crippen molar-refractivity contribution >= 4 is 5.91 Å². The highest BCUT2D eigenvalue weighted by atomic mass is 16.2. The van der Waals surface area contributed by atoms with Crippen molar-refractivity contribution in [3.63, 3.8) is 0 Å². The van der Waals surface area contributed by atoms with Crippen LogP contribution in [0.25, 0.3) is 0 Å². The standard InChI is InChI=1S/C17H35N3O/c1-3-5-11-20(12-6-4-2)17(21)15-19-13-8-16(7-10-18)9-14-19/h16H,3-15,18H2,1-2H3. The summed E-state index contributed by atoms with van der Waals surface area (Å²) in [5.74, 6) is 1.10. The van der Waals surface area contributed by atoms with Crippen LogP contribution in [0.4, 0.5) is 0 Å². The van der Waals surface area contributed by atoms with E-state index in [-0.39, 0.29) is 0 Å². The highest BCUT2D eigenvalue weighted by Gasteiger charge is 2.22. The zero-order valence-corrected chi connectivity index (χ0v) is 14.1. The summed E-state index contributed by atoms with van der Waals surface area (Å²) in [6.45, 7) is 9.76. The van der Waals surface area contributed by atoms with Crippen molar-refractivity contribution in [2.24, 2.45) is 11.7 Å². The largest absolute Gasteiger partial charge is 0.342 e. The van der Waals surface area contributed by atoms with Crippen LogP contribution < -0.4 is 5.73 Å². The van der Waals surface area contributed by atoms with Gasteiger partial charge in [0.2, 0.25) is 5.91 Å². The fourth-order valence-electron chi connectivity index (χ4n) is 3.02. The van der Waals surface area contributed by atoms with Crippen LogP contribution in [0, 0.1) is 5.92 Å². The van der Waals surface area contributed by atoms with E-state index in [0.717, 1.165) is 70.7 Å². The summed E-state index contributed by atoms with van der Waals surface area (Å²) < 4.78 is 0. The first-order chi connectivity index (χ1) is 10.2. The molecule has 0 aliphatic carbocycles. The average molecular weight is 297 g/mol. The van der Waals surface area contributed by atoms with Crippen molar-refractivity contribution < 1.29 is 4.79 Å². The summed E-state index contributed by atoms with van der Waals surface area (Å²) in [7, 11) is 0. The van der Waals surface area contributed by atoms with Crippen LogP contribution in [0.3, 0.4) is 0 Å². The van der Waals surface area contributed by atoms with Crippen LogP contribution in [-0.4, -0.2) is 55.0 Å². The molecule has 1 aliphatic rings. The van der Waals surface area contributed by atoms with E-state index in [0.29, 0.717) is 12.5 Å². The first-order valence-corrected chi connectivity index (χ1v) is 8.91. The Morgan fingerprint density at radius 3 is 2.19 bits per heavy atom. The van der Waals surface area contributed by atoms with Gasteiger partial charge in [0.1, 0.15) is 0 Å². The number of unbranched alkanes of at least 4 members (excludes halogenated alkanes) is 2. The van der Waals surface area contributed by atoms with E-state index in [9.17, 15) is 4.79 Å². The highest BCUT2D eigenvalue weighted by molar-refractivity contribution is 5.78. The number of rotatable bonds is 10. The number of carbonyl (C=O) groups excluding carboxylic acids is 1. The van der Waals surface area contributed by atoms with Crippen LogP contribution in [0.2, 0.25) is 0 Å². The van der Waals surface area contributed by atoms with Gasteiger partial charge in [0.05, 0.1) is 6.54 Å². The summed E-state index contributed by atoms with van der Waals surface area (Å²) in [6, 6.07) is 0. The van der Waals surface area contributed by atoms with Crippen LogP contribution in [-0.2, 0) is 4.79 Å². The molecule has 0 bridgehead atoms. The van der Waals surface area contributed by atoms with E-state index in [1.54, 1.807) is 0 Å². The van der Waals surface area contributed by atoms with Crippen molar-refractivity contribution in [3.05, 3.63) is 0 Å². The van der Waals surface area contributed by atoms with Gasteiger partial charge in [-0.25, -0.2) is 0 Å². The van der Waals surface area contributed by atoms with Crippen LogP contribution in [0.1, 0.15) is 58.8 Å². The molecule has 1 rings (SSSR count). The second-order valence-corrected chi connectivity index (χ2v) is 6.38. The molecule has 0 atom stereocenters. The predicted octanol–water partition coefficient (Wildman–Crippen LogP) is 2.48. The predicted molar refractivity (Wildman–Crippen MR) is 89.2 cm³/mol. The fraction of sp³-hybridized carbons (Fsp3) is 0.941. The lowest BCUT2D eigenvalue weighted by Crippen LogP contribution is -2.44. The van der Waals surface area contributed by atoms with Gasteiger partial charge < -0.3 is 10.6 Å². The van der Waals surface area contributed by atoms with Crippen LogP contribution in [0.15, 0.2) is 0 Å². The van der Waals surface area contributed by atoms with Gasteiger partial charge in [0.15, 0.2) is 0 Å². The highest BCUT2D eigenvalue weighted by Crippen LogP contribution is 2.19. The van der Waals surface area contributed by atoms with Gasteiger partial charge in [-0.2, -0.15) is 0 Å². The summed E-state index contributed by atoms with van der Waals surface area (Å²) in [5, 5.41) is 0. The summed E-state index contributed by atoms with van der Waals surface area (Å²) in [4.78, 5) is 16.9. The summed E-state index contributed by atoms with van der Waals surface area (Å²) >= 11 is 0. The molecule has 124 valence electrons. The number of nitrogens with zero attached hydrogens (tertiary/aromatic N) is 2. The van der Waals surface area contributed by atoms with Gasteiger partial charge in [-0.15, -0.1) is 0 Å². The Morgan fingerprint density at radius 1 is 1.14 bits per heavy atom. The maximum Gasteiger partial charge on any atom is 0.236 e. The van der Waals surface area contributed by atoms with E-state index in [1.807, 2.05) is 0 Å². The lowest BCUT2D eigenvalue weighted by molar-refractivity contribution is -0.133. The lowest BCUT2D eigenvalue weighted by atomic mass is 9.94. The number of piperidine rings is 1. The molecule has 0 saturated carbocycles. The van der Waals surface area contributed by atoms with E-state index in [2.05, 4.69) is 23.6 Å². The molecule has 4 heteroatoms. The monoisotopic (exact) mass is 297 g/mol. The second-order valence-electron chi connectivity index (χ2n) is 6.38. The molecule has 2 N–H and O–H groups in total. The minimum atomic E-state index is 0.328. The Kier molecular flexibility index (Phi) is 9.68. The van der Waals surface area contributed by atoms with Gasteiger partial charge >= 0.3 is 0 Å². The molecule has 1 fully saturated rings. The molecule has 0 unspecified atom stereocenters. The summed E-state index contributed by atoms with van der Waals surface area (Å²) in [6.07, 6.45) is 8.09. The third-order valence-electron chi connectivity index (χ3n) is 4.56. The van der Waals surface area contributed by atoms with Crippen molar-refractivity contribution in [3.8, 4) is 0 Å². The third kappa shape index (κ3) is 7.28. The fourth-order valence-corrected chi connectivity index (χ4v) is 3.02. The molecule has 0 spiro atoms. The topological polar surface area (TPSA) is 49.6 Å². The molecule has 1 saturated heterocycles. The molecule has 1 heterocycles. The Hall–Kier alpha value is -0.610. The van der Waals surface area contributed by atoms with Gasteiger partial charge in [0, 0.05) is 13.1 Å². The molecular weight excluding hydrogens is 262 g/mol. The number of hydrogen-bond acceptors (Lipinski definition) is 3. The minimum Gasteiger partial charge on any atom is -0.342 e. The zero-order valence-electron chi connectivity index (χ0n) is 14.1. The third-order valence-corrected chi connectivity index (χ3v) is 4.56. The Balaban J connectivity index is 2.34. The molecule has 4 nitrogen and oxygen atoms in total. The smallest absolute Gasteiger partial charge is 0.236 e. The molecular formula is C17H35N3O. The Bertz CT molecular complexity index is 267. The SMILES string of the molecule is CCCCN(CCCC)C(=O)CN1CCC(CCN)CC1. The number of nitrogens with two attached hydrogens (primary N) is 1. The quantitative estimate of drug-likeness (QED) is 0.674. The Labute approximate surface area is 131 Å². The zero-order chi connectivity index (χ0) is 15.5. The first-order valence-electron chi connectivity index (χ1n) is 8.91. The molecule has 0 aromatic heterocycles. The molecule has 0 aromatic rings. The molecule has 21 heavy (non-hydrogen) atoms. The van der Waals surface area contributed by atoms with E-state index in [1.165, 1.54) is 12.8 Å². The van der Waals surface area contributed by atoms with E-state index < -0.39 is 0 Å². The molecule has 1 aliphatic heterocycles. The molecule has 1 amide bonds. The van der Waals surface area contributed by atoms with Crippen molar-refractivity contribution in [2.75, 3.05) is 39.3 Å². The molecule has 0 aromatic carbocycles. The lowest BCUT2D eigenvalue weighted by Gasteiger charge is -2.33. The maximum atomic E-state index is 12.5. The van der Waals surface area contributed by atoms with Gasteiger partial charge in [0.25, 0.3) is 0 Å². The van der Waals surface area contributed by atoms with Crippen LogP contribution in [0.5, 0.6) is 0 Å². The number of hydrogen-bond donors (Lipinski definition) is 1. The van der Waals surface area contributed by atoms with Crippen molar-refractivity contribution in [1.82, 2.24) is 9.80 Å². The number of amides is 1. The number of likely N-dealkylation sites (tertiary alicyclic amines) is 1. The van der Waals surface area contributed by atoms with Gasteiger partial charge in [-0.3, -0.25) is 9.69 Å². The molecule has 0 radical (unpaired) electrons. The van der Waals surface area contributed by atoms with Crippen molar-refractivity contribution in [2.45, 2.75) is 58.8 Å². The van der Waals surface area contributed by atoms with E-state index >= 15 is 0 Å². The Morgan fingerprint density at radius 2 is 1.71 bits per heavy atom. The average Bonchev–Trinajstić information content (AvgIpc) is 2.49.